The smallest absolute Gasteiger partial charge is 0.404 e. The average Bonchev–Trinajstić information content (AvgIpc) is 2.80. The zero-order valence-electron chi connectivity index (χ0n) is 19.6. The fourth-order valence-corrected chi connectivity index (χ4v) is 1.80. The Kier molecular flexibility index (Phi) is 26.3. The molecule has 9 N–H and O–H groups in total. The minimum Gasteiger partial charge on any atom is -0.450 e. The average molecular weight is 478 g/mol. The van der Waals surface area contributed by atoms with Crippen LogP contribution >= 0.6 is 0 Å². The first-order valence-electron chi connectivity index (χ1n) is 10.3. The van der Waals surface area contributed by atoms with Gasteiger partial charge in [0.2, 0.25) is 0 Å². The van der Waals surface area contributed by atoms with E-state index in [9.17, 15) is 14.4 Å². The molecule has 12 heteroatoms. The second kappa shape index (κ2) is 25.2. The highest BCUT2D eigenvalue weighted by molar-refractivity contribution is 5.65. The second-order valence-electron chi connectivity index (χ2n) is 6.03. The molecule has 0 aliphatic heterocycles. The van der Waals surface area contributed by atoms with Gasteiger partial charge in [-0.1, -0.05) is 39.0 Å². The summed E-state index contributed by atoms with van der Waals surface area (Å²) in [7, 11) is 0. The molecule has 0 heterocycles. The van der Waals surface area contributed by atoms with E-state index in [1.54, 1.807) is 18.2 Å². The van der Waals surface area contributed by atoms with Crippen LogP contribution in [-0.2, 0) is 34.0 Å². The van der Waals surface area contributed by atoms with Gasteiger partial charge in [0, 0.05) is 0 Å². The molecule has 0 fully saturated rings. The number of carbonyl (C=O) groups is 3. The van der Waals surface area contributed by atoms with Gasteiger partial charge in [-0.15, -0.1) is 0 Å². The quantitative estimate of drug-likeness (QED) is 0.284. The number of aliphatic hydroxyl groups is 3. The molecule has 0 aliphatic rings. The number of hydrogen-bond acceptors (Lipinski definition) is 9. The van der Waals surface area contributed by atoms with Crippen LogP contribution in [0.2, 0.25) is 0 Å². The van der Waals surface area contributed by atoms with Crippen molar-refractivity contribution in [2.75, 3.05) is 19.8 Å². The van der Waals surface area contributed by atoms with Crippen LogP contribution in [0, 0.1) is 0 Å². The molecule has 0 saturated heterocycles. The largest absolute Gasteiger partial charge is 0.450 e. The van der Waals surface area contributed by atoms with Crippen molar-refractivity contribution in [1.29, 1.82) is 0 Å². The SMILES string of the molecule is CCCOC(N)=O.CCCOC(N)=O.CCCOC(N)=O.OCc1cccc(CO)c1CO. The molecule has 0 spiro atoms. The summed E-state index contributed by atoms with van der Waals surface area (Å²) in [5, 5.41) is 26.7. The number of ether oxygens (including phenoxy) is 3. The first kappa shape index (κ1) is 34.5. The maximum Gasteiger partial charge on any atom is 0.404 e. The van der Waals surface area contributed by atoms with Crippen LogP contribution < -0.4 is 17.2 Å². The molecule has 0 saturated carbocycles. The molecule has 12 nitrogen and oxygen atoms in total. The van der Waals surface area contributed by atoms with Crippen molar-refractivity contribution < 1.29 is 43.9 Å². The Balaban J connectivity index is -0.000000379. The summed E-state index contributed by atoms with van der Waals surface area (Å²) in [6.45, 7) is 6.63. The van der Waals surface area contributed by atoms with E-state index in [1.165, 1.54) is 0 Å². The normalized spacial score (nSPS) is 8.91. The lowest BCUT2D eigenvalue weighted by atomic mass is 10.0. The number of amides is 3. The van der Waals surface area contributed by atoms with Gasteiger partial charge in [0.05, 0.1) is 39.6 Å². The fraction of sp³-hybridized carbons (Fsp3) is 0.571. The molecule has 1 rings (SSSR count). The lowest BCUT2D eigenvalue weighted by molar-refractivity contribution is 0.156. The third-order valence-electron chi connectivity index (χ3n) is 3.21. The zero-order valence-corrected chi connectivity index (χ0v) is 19.6. The van der Waals surface area contributed by atoms with E-state index in [2.05, 4.69) is 31.4 Å². The minimum absolute atomic E-state index is 0.107. The Morgan fingerprint density at radius 1 is 0.667 bits per heavy atom. The van der Waals surface area contributed by atoms with Gasteiger partial charge in [-0.2, -0.15) is 0 Å². The molecular formula is C21H39N3O9. The number of hydrogen-bond donors (Lipinski definition) is 6. The predicted molar refractivity (Wildman–Crippen MR) is 122 cm³/mol. The lowest BCUT2D eigenvalue weighted by Gasteiger charge is -2.08. The van der Waals surface area contributed by atoms with E-state index >= 15 is 0 Å². The summed E-state index contributed by atoms with van der Waals surface area (Å²) in [5.74, 6) is 0. The van der Waals surface area contributed by atoms with E-state index in [0.717, 1.165) is 19.3 Å². The van der Waals surface area contributed by atoms with Gasteiger partial charge < -0.3 is 46.7 Å². The molecule has 0 aromatic heterocycles. The van der Waals surface area contributed by atoms with Crippen LogP contribution in [0.25, 0.3) is 0 Å². The van der Waals surface area contributed by atoms with Crippen LogP contribution in [0.4, 0.5) is 14.4 Å². The Labute approximate surface area is 194 Å². The summed E-state index contributed by atoms with van der Waals surface area (Å²) < 4.78 is 13.0. The maximum atomic E-state index is 9.76. The van der Waals surface area contributed by atoms with Gasteiger partial charge in [0.25, 0.3) is 0 Å². The Hall–Kier alpha value is -3.09. The summed E-state index contributed by atoms with van der Waals surface area (Å²) in [5.41, 5.74) is 15.8. The third kappa shape index (κ3) is 25.0. The van der Waals surface area contributed by atoms with Crippen molar-refractivity contribution in [2.24, 2.45) is 17.2 Å². The molecule has 1 aromatic carbocycles. The standard InChI is InChI=1S/C9H12O3.3C4H9NO2/c10-4-7-2-1-3-8(5-11)9(7)6-12;3*1-2-3-7-4(5)6/h1-3,10-12H,4-6H2;3*2-3H2,1H3,(H2,5,6). The van der Waals surface area contributed by atoms with Crippen LogP contribution in [0.1, 0.15) is 56.7 Å². The van der Waals surface area contributed by atoms with Crippen molar-refractivity contribution in [3.8, 4) is 0 Å². The molecule has 192 valence electrons. The van der Waals surface area contributed by atoms with E-state index in [1.807, 2.05) is 20.8 Å². The molecule has 1 aromatic rings. The van der Waals surface area contributed by atoms with Gasteiger partial charge in [-0.05, 0) is 36.0 Å². The first-order chi connectivity index (χ1) is 15.6. The number of aliphatic hydroxyl groups excluding tert-OH is 3. The Bertz CT molecular complexity index is 578. The number of nitrogens with two attached hydrogens (primary N) is 3. The van der Waals surface area contributed by atoms with Crippen LogP contribution in [0.3, 0.4) is 0 Å². The molecule has 0 radical (unpaired) electrons. The van der Waals surface area contributed by atoms with Crippen LogP contribution in [-0.4, -0.2) is 53.4 Å². The van der Waals surface area contributed by atoms with Gasteiger partial charge in [0.15, 0.2) is 0 Å². The van der Waals surface area contributed by atoms with E-state index < -0.39 is 18.3 Å². The van der Waals surface area contributed by atoms with Crippen molar-refractivity contribution in [1.82, 2.24) is 0 Å². The molecule has 3 amide bonds. The highest BCUT2D eigenvalue weighted by Crippen LogP contribution is 2.14. The second-order valence-corrected chi connectivity index (χ2v) is 6.03. The highest BCUT2D eigenvalue weighted by Gasteiger charge is 2.04. The number of benzene rings is 1. The maximum absolute atomic E-state index is 9.76. The monoisotopic (exact) mass is 477 g/mol. The number of rotatable bonds is 9. The summed E-state index contributed by atoms with van der Waals surface area (Å²) in [4.78, 5) is 29.3. The predicted octanol–water partition coefficient (Wildman–Crippen LogP) is 1.64. The van der Waals surface area contributed by atoms with E-state index in [-0.39, 0.29) is 19.8 Å². The molecular weight excluding hydrogens is 438 g/mol. The Morgan fingerprint density at radius 3 is 1.12 bits per heavy atom. The lowest BCUT2D eigenvalue weighted by Crippen LogP contribution is -2.12. The Morgan fingerprint density at radius 2 is 0.970 bits per heavy atom. The molecule has 0 unspecified atom stereocenters. The summed E-state index contributed by atoms with van der Waals surface area (Å²) in [6.07, 6.45) is 0.389. The van der Waals surface area contributed by atoms with Gasteiger partial charge in [-0.3, -0.25) is 0 Å². The highest BCUT2D eigenvalue weighted by atomic mass is 16.6. The van der Waals surface area contributed by atoms with Crippen molar-refractivity contribution in [2.45, 2.75) is 59.9 Å². The molecule has 0 aliphatic carbocycles. The van der Waals surface area contributed by atoms with Crippen molar-refractivity contribution >= 4 is 18.3 Å². The van der Waals surface area contributed by atoms with Crippen LogP contribution in [0.5, 0.6) is 0 Å². The molecule has 0 bridgehead atoms. The van der Waals surface area contributed by atoms with Crippen molar-refractivity contribution in [3.05, 3.63) is 34.9 Å². The minimum atomic E-state index is -0.693. The van der Waals surface area contributed by atoms with E-state index in [4.69, 9.17) is 15.3 Å². The first-order valence-corrected chi connectivity index (χ1v) is 10.3. The van der Waals surface area contributed by atoms with Gasteiger partial charge >= 0.3 is 18.3 Å². The van der Waals surface area contributed by atoms with Crippen molar-refractivity contribution in [3.63, 3.8) is 0 Å². The van der Waals surface area contributed by atoms with Gasteiger partial charge in [-0.25, -0.2) is 14.4 Å². The zero-order chi connectivity index (χ0) is 26.1. The van der Waals surface area contributed by atoms with Crippen LogP contribution in [0.15, 0.2) is 18.2 Å². The summed E-state index contributed by atoms with van der Waals surface area (Å²) >= 11 is 0. The molecule has 0 atom stereocenters. The summed E-state index contributed by atoms with van der Waals surface area (Å²) in [6, 6.07) is 5.20. The fourth-order valence-electron chi connectivity index (χ4n) is 1.80. The topological polar surface area (TPSA) is 218 Å². The number of carbonyl (C=O) groups excluding carboxylic acids is 3. The third-order valence-corrected chi connectivity index (χ3v) is 3.21. The number of primary amides is 3. The van der Waals surface area contributed by atoms with Gasteiger partial charge in [0.1, 0.15) is 0 Å². The van der Waals surface area contributed by atoms with E-state index in [0.29, 0.717) is 36.5 Å². The molecule has 33 heavy (non-hydrogen) atoms.